The molecule has 0 bridgehead atoms. The number of nitrogens with zero attached hydrogens (tertiary/aromatic N) is 1. The van der Waals surface area contributed by atoms with Crippen molar-refractivity contribution < 1.29 is 14.6 Å². The Balaban J connectivity index is 2.34. The smallest absolute Gasteiger partial charge is 0.308 e. The maximum atomic E-state index is 11.3. The molecule has 0 aliphatic carbocycles. The lowest BCUT2D eigenvalue weighted by Gasteiger charge is -2.17. The first-order valence-corrected chi connectivity index (χ1v) is 5.67. The van der Waals surface area contributed by atoms with Gasteiger partial charge in [0.15, 0.2) is 0 Å². The second-order valence-electron chi connectivity index (χ2n) is 4.51. The Hall–Kier alpha value is -1.55. The maximum absolute atomic E-state index is 11.3. The van der Waals surface area contributed by atoms with E-state index in [1.165, 1.54) is 0 Å². The van der Waals surface area contributed by atoms with Gasteiger partial charge in [0.05, 0.1) is 13.0 Å². The van der Waals surface area contributed by atoms with Gasteiger partial charge in [0.25, 0.3) is 0 Å². The molecule has 0 aromatic heterocycles. The van der Waals surface area contributed by atoms with Crippen molar-refractivity contribution in [3.63, 3.8) is 0 Å². The number of hydrogen-bond acceptors (Lipinski definition) is 3. The van der Waals surface area contributed by atoms with Crippen molar-refractivity contribution in [2.75, 3.05) is 27.2 Å². The lowest BCUT2D eigenvalue weighted by Crippen LogP contribution is -2.21. The van der Waals surface area contributed by atoms with Crippen LogP contribution < -0.4 is 4.74 Å². The summed E-state index contributed by atoms with van der Waals surface area (Å²) < 4.78 is 5.31. The fourth-order valence-electron chi connectivity index (χ4n) is 2.54. The minimum atomic E-state index is -0.731. The highest BCUT2D eigenvalue weighted by atomic mass is 16.5. The van der Waals surface area contributed by atoms with E-state index < -0.39 is 5.97 Å². The number of benzene rings is 1. The second kappa shape index (κ2) is 4.75. The van der Waals surface area contributed by atoms with Crippen LogP contribution in [0.15, 0.2) is 24.3 Å². The van der Waals surface area contributed by atoms with Gasteiger partial charge in [0, 0.05) is 19.0 Å². The molecule has 2 rings (SSSR count). The van der Waals surface area contributed by atoms with Gasteiger partial charge in [-0.05, 0) is 18.7 Å². The molecule has 0 saturated carbocycles. The summed E-state index contributed by atoms with van der Waals surface area (Å²) >= 11 is 0. The van der Waals surface area contributed by atoms with Crippen molar-refractivity contribution in [1.29, 1.82) is 0 Å². The molecule has 1 heterocycles. The van der Waals surface area contributed by atoms with Crippen LogP contribution in [-0.4, -0.2) is 43.2 Å². The number of hydrogen-bond donors (Lipinski definition) is 1. The Bertz CT molecular complexity index is 419. The second-order valence-corrected chi connectivity index (χ2v) is 4.51. The van der Waals surface area contributed by atoms with Crippen molar-refractivity contribution in [1.82, 2.24) is 4.90 Å². The Kier molecular flexibility index (Phi) is 3.33. The Morgan fingerprint density at radius 2 is 2.12 bits per heavy atom. The number of aliphatic carboxylic acids is 1. The van der Waals surface area contributed by atoms with Crippen LogP contribution >= 0.6 is 0 Å². The van der Waals surface area contributed by atoms with Gasteiger partial charge in [-0.1, -0.05) is 18.2 Å². The van der Waals surface area contributed by atoms with Crippen LogP contribution in [0, 0.1) is 5.92 Å². The number of ether oxygens (including phenoxy) is 1. The number of carboxylic acid groups (broad SMARTS) is 1. The lowest BCUT2D eigenvalue weighted by molar-refractivity contribution is -0.141. The average molecular weight is 235 g/mol. The largest absolute Gasteiger partial charge is 0.496 e. The molecule has 4 nitrogen and oxygen atoms in total. The van der Waals surface area contributed by atoms with Gasteiger partial charge in [-0.25, -0.2) is 0 Å². The quantitative estimate of drug-likeness (QED) is 0.861. The van der Waals surface area contributed by atoms with Gasteiger partial charge in [0.2, 0.25) is 0 Å². The molecule has 2 atom stereocenters. The Morgan fingerprint density at radius 1 is 1.41 bits per heavy atom. The van der Waals surface area contributed by atoms with Crippen LogP contribution in [0.3, 0.4) is 0 Å². The summed E-state index contributed by atoms with van der Waals surface area (Å²) in [7, 11) is 3.57. The van der Waals surface area contributed by atoms with E-state index in [-0.39, 0.29) is 11.8 Å². The standard InChI is InChI=1S/C13H17NO3/c1-14-7-10(11(8-14)13(15)16)9-5-3-4-6-12(9)17-2/h3-6,10-11H,7-8H2,1-2H3,(H,15,16)/t10-,11+/m0/s1. The molecule has 0 unspecified atom stereocenters. The number of rotatable bonds is 3. The summed E-state index contributed by atoms with van der Waals surface area (Å²) in [6.07, 6.45) is 0. The van der Waals surface area contributed by atoms with Crippen LogP contribution in [0.5, 0.6) is 5.75 Å². The lowest BCUT2D eigenvalue weighted by atomic mass is 9.88. The van der Waals surface area contributed by atoms with E-state index in [1.54, 1.807) is 7.11 Å². The highest BCUT2D eigenvalue weighted by Crippen LogP contribution is 2.36. The van der Waals surface area contributed by atoms with Crippen LogP contribution in [0.1, 0.15) is 11.5 Å². The highest BCUT2D eigenvalue weighted by molar-refractivity contribution is 5.72. The van der Waals surface area contributed by atoms with E-state index >= 15 is 0 Å². The highest BCUT2D eigenvalue weighted by Gasteiger charge is 2.38. The van der Waals surface area contributed by atoms with E-state index in [2.05, 4.69) is 4.90 Å². The minimum Gasteiger partial charge on any atom is -0.496 e. The van der Waals surface area contributed by atoms with Gasteiger partial charge >= 0.3 is 5.97 Å². The fourth-order valence-corrected chi connectivity index (χ4v) is 2.54. The number of carbonyl (C=O) groups is 1. The summed E-state index contributed by atoms with van der Waals surface area (Å²) in [6, 6.07) is 7.66. The zero-order chi connectivity index (χ0) is 12.4. The maximum Gasteiger partial charge on any atom is 0.308 e. The number of likely N-dealkylation sites (N-methyl/N-ethyl adjacent to an activating group) is 1. The minimum absolute atomic E-state index is 0.00801. The van der Waals surface area contributed by atoms with Crippen molar-refractivity contribution in [3.8, 4) is 5.75 Å². The van der Waals surface area contributed by atoms with Gasteiger partial charge < -0.3 is 14.7 Å². The first-order chi connectivity index (χ1) is 8.13. The van der Waals surface area contributed by atoms with Gasteiger partial charge in [-0.15, -0.1) is 0 Å². The molecule has 1 aromatic carbocycles. The zero-order valence-corrected chi connectivity index (χ0v) is 10.1. The Morgan fingerprint density at radius 3 is 2.76 bits per heavy atom. The topological polar surface area (TPSA) is 49.8 Å². The molecule has 1 N–H and O–H groups in total. The molecule has 1 fully saturated rings. The molecule has 1 aliphatic heterocycles. The summed E-state index contributed by atoms with van der Waals surface area (Å²) in [4.78, 5) is 13.3. The third-order valence-corrected chi connectivity index (χ3v) is 3.36. The van der Waals surface area contributed by atoms with Crippen LogP contribution in [-0.2, 0) is 4.79 Å². The normalized spacial score (nSPS) is 24.8. The number of methoxy groups -OCH3 is 1. The van der Waals surface area contributed by atoms with Crippen molar-refractivity contribution in [2.24, 2.45) is 5.92 Å². The molecular weight excluding hydrogens is 218 g/mol. The molecule has 0 radical (unpaired) electrons. The number of para-hydroxylation sites is 1. The molecule has 0 amide bonds. The van der Waals surface area contributed by atoms with Gasteiger partial charge in [-0.2, -0.15) is 0 Å². The molecule has 17 heavy (non-hydrogen) atoms. The molecule has 1 aromatic rings. The zero-order valence-electron chi connectivity index (χ0n) is 10.1. The van der Waals surface area contributed by atoms with Crippen molar-refractivity contribution >= 4 is 5.97 Å². The van der Waals surface area contributed by atoms with Crippen molar-refractivity contribution in [3.05, 3.63) is 29.8 Å². The van der Waals surface area contributed by atoms with E-state index in [0.29, 0.717) is 6.54 Å². The summed E-state index contributed by atoms with van der Waals surface area (Å²) in [5.41, 5.74) is 0.992. The third-order valence-electron chi connectivity index (χ3n) is 3.36. The Labute approximate surface area is 101 Å². The van der Waals surface area contributed by atoms with E-state index in [1.807, 2.05) is 31.3 Å². The van der Waals surface area contributed by atoms with Gasteiger partial charge in [0.1, 0.15) is 5.75 Å². The van der Waals surface area contributed by atoms with E-state index in [9.17, 15) is 9.90 Å². The summed E-state index contributed by atoms with van der Waals surface area (Å²) in [5, 5.41) is 9.26. The SMILES string of the molecule is COc1ccccc1[C@@H]1CN(C)C[C@H]1C(=O)O. The van der Waals surface area contributed by atoms with Crippen molar-refractivity contribution in [2.45, 2.75) is 5.92 Å². The molecule has 1 aliphatic rings. The first kappa shape index (κ1) is 11.9. The van der Waals surface area contributed by atoms with Crippen LogP contribution in [0.25, 0.3) is 0 Å². The predicted molar refractivity (Wildman–Crippen MR) is 64.4 cm³/mol. The predicted octanol–water partition coefficient (Wildman–Crippen LogP) is 1.43. The fraction of sp³-hybridized carbons (Fsp3) is 0.462. The molecule has 92 valence electrons. The third kappa shape index (κ3) is 2.26. The average Bonchev–Trinajstić information content (AvgIpc) is 2.71. The molecule has 4 heteroatoms. The first-order valence-electron chi connectivity index (χ1n) is 5.67. The number of carboxylic acids is 1. The van der Waals surface area contributed by atoms with Gasteiger partial charge in [-0.3, -0.25) is 4.79 Å². The van der Waals surface area contributed by atoms with Crippen LogP contribution in [0.4, 0.5) is 0 Å². The van der Waals surface area contributed by atoms with E-state index in [4.69, 9.17) is 4.74 Å². The number of likely N-dealkylation sites (tertiary alicyclic amines) is 1. The molecule has 0 spiro atoms. The molecule has 1 saturated heterocycles. The molecular formula is C13H17NO3. The van der Waals surface area contributed by atoms with E-state index in [0.717, 1.165) is 17.9 Å². The summed E-state index contributed by atoms with van der Waals surface area (Å²) in [5.74, 6) is -0.297. The van der Waals surface area contributed by atoms with Crippen LogP contribution in [0.2, 0.25) is 0 Å². The summed E-state index contributed by atoms with van der Waals surface area (Å²) in [6.45, 7) is 1.36. The monoisotopic (exact) mass is 235 g/mol.